The highest BCUT2D eigenvalue weighted by Crippen LogP contribution is 2.33. The van der Waals surface area contributed by atoms with Crippen LogP contribution in [0.25, 0.3) is 5.69 Å². The SMILES string of the molecule is CC(CC(Cl)c1cnn(-c2ccccc2)c1)CC(C)(C)C. The van der Waals surface area contributed by atoms with Crippen LogP contribution in [-0.4, -0.2) is 9.78 Å². The molecule has 0 radical (unpaired) electrons. The van der Waals surface area contributed by atoms with Crippen LogP contribution in [-0.2, 0) is 0 Å². The summed E-state index contributed by atoms with van der Waals surface area (Å²) in [7, 11) is 0. The first-order chi connectivity index (χ1) is 9.85. The van der Waals surface area contributed by atoms with Crippen LogP contribution < -0.4 is 0 Å². The van der Waals surface area contributed by atoms with E-state index in [-0.39, 0.29) is 5.38 Å². The maximum Gasteiger partial charge on any atom is 0.0645 e. The van der Waals surface area contributed by atoms with Gasteiger partial charge in [-0.2, -0.15) is 5.10 Å². The van der Waals surface area contributed by atoms with Gasteiger partial charge in [-0.25, -0.2) is 4.68 Å². The molecule has 0 amide bonds. The molecular formula is C18H25ClN2. The summed E-state index contributed by atoms with van der Waals surface area (Å²) in [4.78, 5) is 0. The molecule has 114 valence electrons. The second-order valence-corrected chi connectivity index (χ2v) is 7.65. The fourth-order valence-corrected chi connectivity index (χ4v) is 3.26. The molecule has 0 bridgehead atoms. The predicted octanol–water partition coefficient (Wildman–Crippen LogP) is 5.61. The quantitative estimate of drug-likeness (QED) is 0.656. The van der Waals surface area contributed by atoms with E-state index >= 15 is 0 Å². The van der Waals surface area contributed by atoms with E-state index in [9.17, 15) is 0 Å². The summed E-state index contributed by atoms with van der Waals surface area (Å²) in [6, 6.07) is 10.1. The van der Waals surface area contributed by atoms with E-state index in [1.54, 1.807) is 0 Å². The van der Waals surface area contributed by atoms with Crippen LogP contribution in [0.2, 0.25) is 0 Å². The van der Waals surface area contributed by atoms with Gasteiger partial charge < -0.3 is 0 Å². The minimum Gasteiger partial charge on any atom is -0.241 e. The van der Waals surface area contributed by atoms with Crippen molar-refractivity contribution in [2.24, 2.45) is 11.3 Å². The maximum absolute atomic E-state index is 6.58. The Hall–Kier alpha value is -1.28. The molecule has 0 saturated carbocycles. The van der Waals surface area contributed by atoms with Crippen LogP contribution in [0.3, 0.4) is 0 Å². The zero-order valence-electron chi connectivity index (χ0n) is 13.4. The first-order valence-corrected chi connectivity index (χ1v) is 8.03. The Balaban J connectivity index is 2.01. The largest absolute Gasteiger partial charge is 0.241 e. The number of nitrogens with zero attached hydrogens (tertiary/aromatic N) is 2. The molecule has 2 rings (SSSR count). The summed E-state index contributed by atoms with van der Waals surface area (Å²) in [5.74, 6) is 0.604. The average Bonchev–Trinajstić information content (AvgIpc) is 2.87. The number of aromatic nitrogens is 2. The highest BCUT2D eigenvalue weighted by molar-refractivity contribution is 6.20. The van der Waals surface area contributed by atoms with E-state index in [2.05, 4.69) is 32.8 Å². The number of rotatable bonds is 5. The number of benzene rings is 1. The van der Waals surface area contributed by atoms with Crippen molar-refractivity contribution in [1.82, 2.24) is 9.78 Å². The summed E-state index contributed by atoms with van der Waals surface area (Å²) in [6.07, 6.45) is 6.09. The van der Waals surface area contributed by atoms with Crippen LogP contribution >= 0.6 is 11.6 Å². The molecule has 0 fully saturated rings. The zero-order valence-corrected chi connectivity index (χ0v) is 14.1. The molecule has 0 aliphatic heterocycles. The van der Waals surface area contributed by atoms with Gasteiger partial charge in [-0.1, -0.05) is 45.9 Å². The fourth-order valence-electron chi connectivity index (χ4n) is 2.84. The van der Waals surface area contributed by atoms with Gasteiger partial charge in [-0.15, -0.1) is 11.6 Å². The second kappa shape index (κ2) is 6.65. The predicted molar refractivity (Wildman–Crippen MR) is 90.0 cm³/mol. The molecule has 0 spiro atoms. The Morgan fingerprint density at radius 1 is 1.19 bits per heavy atom. The second-order valence-electron chi connectivity index (χ2n) is 7.13. The monoisotopic (exact) mass is 304 g/mol. The standard InChI is InChI=1S/C18H25ClN2/c1-14(11-18(2,3)4)10-17(19)15-12-20-21(13-15)16-8-6-5-7-9-16/h5-9,12-14,17H,10-11H2,1-4H3. The smallest absolute Gasteiger partial charge is 0.0645 e. The van der Waals surface area contributed by atoms with E-state index in [1.807, 2.05) is 47.4 Å². The van der Waals surface area contributed by atoms with Gasteiger partial charge in [0.25, 0.3) is 0 Å². The van der Waals surface area contributed by atoms with Crippen molar-refractivity contribution in [3.8, 4) is 5.69 Å². The van der Waals surface area contributed by atoms with Gasteiger partial charge in [0.05, 0.1) is 17.3 Å². The normalized spacial score (nSPS) is 14.9. The van der Waals surface area contributed by atoms with Gasteiger partial charge in [0, 0.05) is 11.8 Å². The van der Waals surface area contributed by atoms with Crippen molar-refractivity contribution < 1.29 is 0 Å². The molecule has 0 aliphatic rings. The maximum atomic E-state index is 6.58. The van der Waals surface area contributed by atoms with Crippen LogP contribution in [0.1, 0.15) is 51.5 Å². The van der Waals surface area contributed by atoms with Crippen molar-refractivity contribution in [1.29, 1.82) is 0 Å². The number of para-hydroxylation sites is 1. The Kier molecular flexibility index (Phi) is 5.10. The van der Waals surface area contributed by atoms with Crippen LogP contribution in [0.5, 0.6) is 0 Å². The lowest BCUT2D eigenvalue weighted by molar-refractivity contribution is 0.295. The third-order valence-electron chi connectivity index (χ3n) is 3.56. The first kappa shape index (κ1) is 16.1. The highest BCUT2D eigenvalue weighted by atomic mass is 35.5. The van der Waals surface area contributed by atoms with E-state index in [1.165, 1.54) is 6.42 Å². The highest BCUT2D eigenvalue weighted by Gasteiger charge is 2.20. The summed E-state index contributed by atoms with van der Waals surface area (Å²) in [5, 5.41) is 4.45. The summed E-state index contributed by atoms with van der Waals surface area (Å²) in [6.45, 7) is 9.11. The molecule has 0 saturated heterocycles. The molecule has 21 heavy (non-hydrogen) atoms. The minimum atomic E-state index is 0.0276. The van der Waals surface area contributed by atoms with Crippen molar-refractivity contribution in [2.75, 3.05) is 0 Å². The fraction of sp³-hybridized carbons (Fsp3) is 0.500. The van der Waals surface area contributed by atoms with E-state index in [4.69, 9.17) is 11.6 Å². The summed E-state index contributed by atoms with van der Waals surface area (Å²) in [5.41, 5.74) is 2.51. The van der Waals surface area contributed by atoms with Crippen molar-refractivity contribution in [3.05, 3.63) is 48.3 Å². The van der Waals surface area contributed by atoms with E-state index in [0.717, 1.165) is 17.7 Å². The molecule has 0 N–H and O–H groups in total. The molecule has 2 nitrogen and oxygen atoms in total. The Bertz CT molecular complexity index is 554. The van der Waals surface area contributed by atoms with E-state index < -0.39 is 0 Å². The summed E-state index contributed by atoms with van der Waals surface area (Å²) >= 11 is 6.58. The zero-order chi connectivity index (χ0) is 15.5. The van der Waals surface area contributed by atoms with Crippen molar-refractivity contribution in [2.45, 2.75) is 45.9 Å². The van der Waals surface area contributed by atoms with Crippen LogP contribution in [0.15, 0.2) is 42.7 Å². The van der Waals surface area contributed by atoms with Crippen LogP contribution in [0, 0.1) is 11.3 Å². The average molecular weight is 305 g/mol. The van der Waals surface area contributed by atoms with Gasteiger partial charge in [0.15, 0.2) is 0 Å². The topological polar surface area (TPSA) is 17.8 Å². The van der Waals surface area contributed by atoms with Gasteiger partial charge in [0.1, 0.15) is 0 Å². The van der Waals surface area contributed by atoms with Gasteiger partial charge >= 0.3 is 0 Å². The number of hydrogen-bond acceptors (Lipinski definition) is 1. The summed E-state index contributed by atoms with van der Waals surface area (Å²) < 4.78 is 1.89. The van der Waals surface area contributed by atoms with Gasteiger partial charge in [0.2, 0.25) is 0 Å². The van der Waals surface area contributed by atoms with Crippen molar-refractivity contribution in [3.63, 3.8) is 0 Å². The molecule has 3 heteroatoms. The Morgan fingerprint density at radius 3 is 2.48 bits per heavy atom. The molecular weight excluding hydrogens is 280 g/mol. The Labute approximate surface area is 133 Å². The number of hydrogen-bond donors (Lipinski definition) is 0. The lowest BCUT2D eigenvalue weighted by atomic mass is 9.83. The molecule has 0 aliphatic carbocycles. The van der Waals surface area contributed by atoms with Gasteiger partial charge in [-0.05, 0) is 36.3 Å². The lowest BCUT2D eigenvalue weighted by Gasteiger charge is -2.24. The Morgan fingerprint density at radius 2 is 1.86 bits per heavy atom. The molecule has 1 heterocycles. The van der Waals surface area contributed by atoms with Gasteiger partial charge in [-0.3, -0.25) is 0 Å². The lowest BCUT2D eigenvalue weighted by Crippen LogP contribution is -2.12. The van der Waals surface area contributed by atoms with Crippen molar-refractivity contribution >= 4 is 11.6 Å². The molecule has 2 unspecified atom stereocenters. The molecule has 2 atom stereocenters. The third kappa shape index (κ3) is 4.89. The third-order valence-corrected chi connectivity index (χ3v) is 3.99. The molecule has 1 aromatic heterocycles. The minimum absolute atomic E-state index is 0.0276. The molecule has 2 aromatic rings. The number of alkyl halides is 1. The molecule has 1 aromatic carbocycles. The number of halogens is 1. The first-order valence-electron chi connectivity index (χ1n) is 7.59. The van der Waals surface area contributed by atoms with E-state index in [0.29, 0.717) is 11.3 Å². The van der Waals surface area contributed by atoms with Crippen LogP contribution in [0.4, 0.5) is 0 Å².